The molecule has 4 heteroatoms. The van der Waals surface area contributed by atoms with Gasteiger partial charge < -0.3 is 10.8 Å². The summed E-state index contributed by atoms with van der Waals surface area (Å²) in [5.41, 5.74) is 8.60. The molecule has 0 radical (unpaired) electrons. The lowest BCUT2D eigenvalue weighted by Crippen LogP contribution is -2.11. The molecule has 90 valence electrons. The van der Waals surface area contributed by atoms with Crippen LogP contribution in [0.1, 0.15) is 30.5 Å². The molecule has 1 atom stereocenters. The van der Waals surface area contributed by atoms with Crippen LogP contribution in [0.25, 0.3) is 0 Å². The van der Waals surface area contributed by atoms with Crippen molar-refractivity contribution < 1.29 is 5.11 Å². The average molecular weight is 307 g/mol. The van der Waals surface area contributed by atoms with Gasteiger partial charge >= 0.3 is 0 Å². The van der Waals surface area contributed by atoms with Gasteiger partial charge in [0.1, 0.15) is 5.75 Å². The number of aryl methyl sites for hydroxylation is 1. The highest BCUT2D eigenvalue weighted by Crippen LogP contribution is 2.32. The summed E-state index contributed by atoms with van der Waals surface area (Å²) in [6.07, 6.45) is 0.684. The Balaban J connectivity index is 0.00000225. The van der Waals surface area contributed by atoms with Gasteiger partial charge in [-0.1, -0.05) is 21.5 Å². The molecule has 0 amide bonds. The van der Waals surface area contributed by atoms with E-state index < -0.39 is 0 Å². The van der Waals surface area contributed by atoms with Crippen LogP contribution in [0.5, 0.6) is 5.75 Å². The molecule has 0 heterocycles. The van der Waals surface area contributed by atoms with Gasteiger partial charge in [-0.25, -0.2) is 0 Å². The lowest BCUT2D eigenvalue weighted by Gasteiger charge is -2.15. The van der Waals surface area contributed by atoms with Crippen molar-refractivity contribution in [1.29, 1.82) is 0 Å². The predicted octanol–water partition coefficient (Wildman–Crippen LogP) is 3.85. The quantitative estimate of drug-likeness (QED) is 0.833. The topological polar surface area (TPSA) is 46.2 Å². The summed E-state index contributed by atoms with van der Waals surface area (Å²) in [6, 6.07) is 3.53. The Hall–Kier alpha value is -0.510. The summed E-state index contributed by atoms with van der Waals surface area (Å²) in [7, 11) is 0. The third kappa shape index (κ3) is 3.81. The standard InChI is InChI=1S/C12H16BrNO.ClH/c1-7(2)4-11(14)10-6-9(13)5-8(3)12(10)15;/h5-6,11,15H,1,4,14H2,2-3H3;1H/t11-;/m1./s1. The number of hydrogen-bond acceptors (Lipinski definition) is 2. The van der Waals surface area contributed by atoms with Gasteiger partial charge in [-0.15, -0.1) is 19.0 Å². The maximum Gasteiger partial charge on any atom is 0.123 e. The van der Waals surface area contributed by atoms with E-state index in [0.717, 1.165) is 21.2 Å². The second-order valence-electron chi connectivity index (χ2n) is 3.93. The van der Waals surface area contributed by atoms with Crippen molar-refractivity contribution in [2.45, 2.75) is 26.3 Å². The number of phenolic OH excluding ortho intramolecular Hbond substituents is 1. The van der Waals surface area contributed by atoms with Gasteiger partial charge in [-0.05, 0) is 38.0 Å². The number of nitrogens with two attached hydrogens (primary N) is 1. The summed E-state index contributed by atoms with van der Waals surface area (Å²) in [5.74, 6) is 0.284. The van der Waals surface area contributed by atoms with Crippen molar-refractivity contribution in [2.75, 3.05) is 0 Å². The summed E-state index contributed by atoms with van der Waals surface area (Å²) in [4.78, 5) is 0. The molecule has 0 aromatic heterocycles. The minimum atomic E-state index is -0.196. The van der Waals surface area contributed by atoms with Crippen LogP contribution in [0, 0.1) is 6.92 Å². The second-order valence-corrected chi connectivity index (χ2v) is 4.84. The summed E-state index contributed by atoms with van der Waals surface area (Å²) in [6.45, 7) is 7.61. The molecule has 0 saturated carbocycles. The Morgan fingerprint density at radius 1 is 1.56 bits per heavy atom. The number of hydrogen-bond donors (Lipinski definition) is 2. The molecule has 0 spiro atoms. The van der Waals surface area contributed by atoms with Gasteiger partial charge in [0.15, 0.2) is 0 Å². The van der Waals surface area contributed by atoms with Crippen molar-refractivity contribution in [3.05, 3.63) is 39.9 Å². The summed E-state index contributed by atoms with van der Waals surface area (Å²) >= 11 is 3.39. The van der Waals surface area contributed by atoms with Crippen LogP contribution < -0.4 is 5.73 Å². The van der Waals surface area contributed by atoms with E-state index in [2.05, 4.69) is 22.5 Å². The zero-order valence-corrected chi connectivity index (χ0v) is 11.9. The SMILES string of the molecule is C=C(C)C[C@@H](N)c1cc(Br)cc(C)c1O.Cl. The molecule has 0 aliphatic heterocycles. The van der Waals surface area contributed by atoms with E-state index in [1.165, 1.54) is 0 Å². The van der Waals surface area contributed by atoms with Crippen molar-refractivity contribution >= 4 is 28.3 Å². The van der Waals surface area contributed by atoms with Crippen molar-refractivity contribution in [3.63, 3.8) is 0 Å². The fourth-order valence-electron chi connectivity index (χ4n) is 1.53. The van der Waals surface area contributed by atoms with Crippen molar-refractivity contribution in [3.8, 4) is 5.75 Å². The lowest BCUT2D eigenvalue weighted by atomic mass is 9.98. The zero-order chi connectivity index (χ0) is 11.6. The molecule has 16 heavy (non-hydrogen) atoms. The average Bonchev–Trinajstić information content (AvgIpc) is 2.09. The maximum atomic E-state index is 9.87. The van der Waals surface area contributed by atoms with Gasteiger partial charge in [0.25, 0.3) is 0 Å². The molecule has 1 aromatic carbocycles. The van der Waals surface area contributed by atoms with E-state index >= 15 is 0 Å². The maximum absolute atomic E-state index is 9.87. The van der Waals surface area contributed by atoms with Crippen LogP contribution in [0.4, 0.5) is 0 Å². The van der Waals surface area contributed by atoms with E-state index in [1.807, 2.05) is 26.0 Å². The van der Waals surface area contributed by atoms with Crippen LogP contribution in [0.3, 0.4) is 0 Å². The van der Waals surface area contributed by atoms with Gasteiger partial charge in [0, 0.05) is 16.1 Å². The molecule has 0 saturated heterocycles. The molecule has 0 bridgehead atoms. The second kappa shape index (κ2) is 6.28. The summed E-state index contributed by atoms with van der Waals surface area (Å²) in [5, 5.41) is 9.87. The first-order valence-electron chi connectivity index (χ1n) is 4.80. The Bertz CT molecular complexity index is 393. The first-order chi connectivity index (χ1) is 6.91. The van der Waals surface area contributed by atoms with E-state index in [1.54, 1.807) is 0 Å². The summed E-state index contributed by atoms with van der Waals surface area (Å²) < 4.78 is 0.935. The minimum Gasteiger partial charge on any atom is -0.507 e. The molecule has 0 fully saturated rings. The highest BCUT2D eigenvalue weighted by molar-refractivity contribution is 9.10. The number of phenols is 1. The Morgan fingerprint density at radius 3 is 2.62 bits per heavy atom. The third-order valence-corrected chi connectivity index (χ3v) is 2.72. The molecule has 3 N–H and O–H groups in total. The molecule has 0 unspecified atom stereocenters. The highest BCUT2D eigenvalue weighted by Gasteiger charge is 2.13. The monoisotopic (exact) mass is 305 g/mol. The van der Waals surface area contributed by atoms with Crippen LogP contribution in [-0.4, -0.2) is 5.11 Å². The molecule has 0 aliphatic rings. The van der Waals surface area contributed by atoms with E-state index in [9.17, 15) is 5.11 Å². The Kier molecular flexibility index (Phi) is 6.08. The Labute approximate surface area is 111 Å². The first kappa shape index (κ1) is 15.5. The fraction of sp³-hybridized carbons (Fsp3) is 0.333. The van der Waals surface area contributed by atoms with Crippen molar-refractivity contribution in [1.82, 2.24) is 0 Å². The Morgan fingerprint density at radius 2 is 2.12 bits per heavy atom. The number of rotatable bonds is 3. The number of halogens is 2. The van der Waals surface area contributed by atoms with E-state index in [-0.39, 0.29) is 24.2 Å². The third-order valence-electron chi connectivity index (χ3n) is 2.26. The van der Waals surface area contributed by atoms with Crippen LogP contribution in [-0.2, 0) is 0 Å². The molecule has 2 nitrogen and oxygen atoms in total. The molecule has 0 aliphatic carbocycles. The van der Waals surface area contributed by atoms with E-state index in [4.69, 9.17) is 5.73 Å². The van der Waals surface area contributed by atoms with Gasteiger partial charge in [0.05, 0.1) is 0 Å². The van der Waals surface area contributed by atoms with Crippen LogP contribution >= 0.6 is 28.3 Å². The molecule has 1 aromatic rings. The highest BCUT2D eigenvalue weighted by atomic mass is 79.9. The fourth-order valence-corrected chi connectivity index (χ4v) is 2.12. The first-order valence-corrected chi connectivity index (χ1v) is 5.60. The van der Waals surface area contributed by atoms with Gasteiger partial charge in [-0.3, -0.25) is 0 Å². The van der Waals surface area contributed by atoms with Gasteiger partial charge in [-0.2, -0.15) is 0 Å². The zero-order valence-electron chi connectivity index (χ0n) is 9.46. The van der Waals surface area contributed by atoms with Gasteiger partial charge in [0.2, 0.25) is 0 Å². The minimum absolute atomic E-state index is 0. The normalized spacial score (nSPS) is 11.8. The number of aromatic hydroxyl groups is 1. The predicted molar refractivity (Wildman–Crippen MR) is 74.2 cm³/mol. The smallest absolute Gasteiger partial charge is 0.123 e. The lowest BCUT2D eigenvalue weighted by molar-refractivity contribution is 0.456. The number of benzene rings is 1. The van der Waals surface area contributed by atoms with E-state index in [0.29, 0.717) is 6.42 Å². The largest absolute Gasteiger partial charge is 0.507 e. The van der Waals surface area contributed by atoms with Crippen LogP contribution in [0.2, 0.25) is 0 Å². The molecular weight excluding hydrogens is 289 g/mol. The van der Waals surface area contributed by atoms with Crippen LogP contribution in [0.15, 0.2) is 28.8 Å². The molecular formula is C12H17BrClNO. The van der Waals surface area contributed by atoms with Crippen molar-refractivity contribution in [2.24, 2.45) is 5.73 Å². The molecule has 1 rings (SSSR count).